The molecule has 1 saturated heterocycles. The van der Waals surface area contributed by atoms with Gasteiger partial charge in [-0.1, -0.05) is 6.08 Å². The molecule has 2 heterocycles. The van der Waals surface area contributed by atoms with Crippen molar-refractivity contribution < 1.29 is 13.2 Å². The van der Waals surface area contributed by atoms with E-state index in [-0.39, 0.29) is 17.4 Å². The highest BCUT2D eigenvalue weighted by Gasteiger charge is 2.22. The molecule has 2 rings (SSSR count). The van der Waals surface area contributed by atoms with Crippen molar-refractivity contribution in [2.24, 2.45) is 0 Å². The number of nitrogens with two attached hydrogens (primary N) is 1. The van der Waals surface area contributed by atoms with Crippen molar-refractivity contribution in [3.8, 4) is 0 Å². The molecule has 3 N–H and O–H groups in total. The van der Waals surface area contributed by atoms with E-state index in [2.05, 4.69) is 11.9 Å². The first-order valence-corrected chi connectivity index (χ1v) is 9.30. The van der Waals surface area contributed by atoms with Gasteiger partial charge in [-0.3, -0.25) is 4.79 Å². The SMILES string of the molecule is C=CCNC(=O)c1sc(N2CCCS(=O)(=O)CC2)cc1N. The van der Waals surface area contributed by atoms with Gasteiger partial charge in [0.1, 0.15) is 4.88 Å². The number of hydrogen-bond acceptors (Lipinski definition) is 6. The van der Waals surface area contributed by atoms with E-state index >= 15 is 0 Å². The van der Waals surface area contributed by atoms with Crippen LogP contribution in [-0.4, -0.2) is 45.5 Å². The van der Waals surface area contributed by atoms with E-state index in [1.807, 2.05) is 4.90 Å². The molecule has 1 amide bonds. The molecule has 0 radical (unpaired) electrons. The lowest BCUT2D eigenvalue weighted by Crippen LogP contribution is -2.25. The lowest BCUT2D eigenvalue weighted by molar-refractivity contribution is 0.0963. The molecule has 21 heavy (non-hydrogen) atoms. The summed E-state index contributed by atoms with van der Waals surface area (Å²) in [5, 5.41) is 3.53. The zero-order valence-electron chi connectivity index (χ0n) is 11.7. The third-order valence-corrected chi connectivity index (χ3v) is 6.15. The van der Waals surface area contributed by atoms with Gasteiger partial charge in [-0.05, 0) is 12.5 Å². The summed E-state index contributed by atoms with van der Waals surface area (Å²) in [4.78, 5) is 14.4. The number of nitrogens with one attached hydrogen (secondary N) is 1. The smallest absolute Gasteiger partial charge is 0.263 e. The van der Waals surface area contributed by atoms with Crippen LogP contribution in [0.3, 0.4) is 0 Å². The fourth-order valence-corrected chi connectivity index (χ4v) is 4.45. The number of nitrogens with zero attached hydrogens (tertiary/aromatic N) is 1. The Morgan fingerprint density at radius 2 is 2.24 bits per heavy atom. The Labute approximate surface area is 128 Å². The van der Waals surface area contributed by atoms with E-state index < -0.39 is 9.84 Å². The van der Waals surface area contributed by atoms with Crippen LogP contribution in [0.15, 0.2) is 18.7 Å². The summed E-state index contributed by atoms with van der Waals surface area (Å²) in [5.74, 6) is 0.130. The van der Waals surface area contributed by atoms with Crippen LogP contribution in [0, 0.1) is 0 Å². The number of nitrogen functional groups attached to an aromatic ring is 1. The molecule has 0 saturated carbocycles. The van der Waals surface area contributed by atoms with Gasteiger partial charge in [0.05, 0.1) is 22.2 Å². The first-order valence-electron chi connectivity index (χ1n) is 6.67. The number of carbonyl (C=O) groups is 1. The maximum absolute atomic E-state index is 11.9. The van der Waals surface area contributed by atoms with Crippen LogP contribution >= 0.6 is 11.3 Å². The molecule has 116 valence electrons. The van der Waals surface area contributed by atoms with Gasteiger partial charge in [0.25, 0.3) is 5.91 Å². The molecular formula is C13H19N3O3S2. The molecule has 0 aliphatic carbocycles. The summed E-state index contributed by atoms with van der Waals surface area (Å²) >= 11 is 1.29. The fourth-order valence-electron chi connectivity index (χ4n) is 2.13. The second kappa shape index (κ2) is 6.48. The first kappa shape index (κ1) is 15.8. The average Bonchev–Trinajstić information content (AvgIpc) is 2.71. The van der Waals surface area contributed by atoms with E-state index in [1.54, 1.807) is 12.1 Å². The highest BCUT2D eigenvalue weighted by Crippen LogP contribution is 2.32. The zero-order chi connectivity index (χ0) is 15.5. The number of amides is 1. The Hall–Kier alpha value is -1.54. The highest BCUT2D eigenvalue weighted by atomic mass is 32.2. The predicted octanol–water partition coefficient (Wildman–Crippen LogP) is 0.871. The minimum atomic E-state index is -2.95. The van der Waals surface area contributed by atoms with Crippen molar-refractivity contribution in [1.82, 2.24) is 5.32 Å². The van der Waals surface area contributed by atoms with Gasteiger partial charge >= 0.3 is 0 Å². The van der Waals surface area contributed by atoms with Gasteiger partial charge in [-0.15, -0.1) is 17.9 Å². The topological polar surface area (TPSA) is 92.5 Å². The van der Waals surface area contributed by atoms with Gasteiger partial charge in [0, 0.05) is 19.6 Å². The zero-order valence-corrected chi connectivity index (χ0v) is 13.3. The standard InChI is InChI=1S/C13H19N3O3S2/c1-2-4-15-13(17)12-10(14)9-11(20-12)16-5-3-7-21(18,19)8-6-16/h2,9H,1,3-8,14H2,(H,15,17). The third-order valence-electron chi connectivity index (χ3n) is 3.23. The molecule has 0 unspecified atom stereocenters. The lowest BCUT2D eigenvalue weighted by Gasteiger charge is -2.19. The maximum Gasteiger partial charge on any atom is 0.263 e. The van der Waals surface area contributed by atoms with E-state index in [0.29, 0.717) is 36.6 Å². The molecule has 1 aromatic rings. The molecular weight excluding hydrogens is 310 g/mol. The Morgan fingerprint density at radius 3 is 2.95 bits per heavy atom. The quantitative estimate of drug-likeness (QED) is 0.800. The second-order valence-corrected chi connectivity index (χ2v) is 8.19. The summed E-state index contributed by atoms with van der Waals surface area (Å²) in [6.07, 6.45) is 2.19. The van der Waals surface area contributed by atoms with Crippen molar-refractivity contribution >= 4 is 37.8 Å². The van der Waals surface area contributed by atoms with E-state index in [4.69, 9.17) is 5.73 Å². The maximum atomic E-state index is 11.9. The molecule has 1 aliphatic rings. The molecule has 0 bridgehead atoms. The Kier molecular flexibility index (Phi) is 4.89. The van der Waals surface area contributed by atoms with E-state index in [1.165, 1.54) is 11.3 Å². The Balaban J connectivity index is 2.14. The number of thiophene rings is 1. The monoisotopic (exact) mass is 329 g/mol. The van der Waals surface area contributed by atoms with Crippen molar-refractivity contribution in [2.75, 3.05) is 41.8 Å². The van der Waals surface area contributed by atoms with Crippen molar-refractivity contribution in [3.63, 3.8) is 0 Å². The molecule has 8 heteroatoms. The lowest BCUT2D eigenvalue weighted by atomic mass is 10.3. The van der Waals surface area contributed by atoms with E-state index in [9.17, 15) is 13.2 Å². The van der Waals surface area contributed by atoms with Gasteiger partial charge in [0.2, 0.25) is 0 Å². The minimum absolute atomic E-state index is 0.142. The summed E-state index contributed by atoms with van der Waals surface area (Å²) in [5.41, 5.74) is 6.31. The molecule has 1 aromatic heterocycles. The summed E-state index contributed by atoms with van der Waals surface area (Å²) in [7, 11) is -2.95. The molecule has 1 aliphatic heterocycles. The Morgan fingerprint density at radius 1 is 1.48 bits per heavy atom. The average molecular weight is 329 g/mol. The van der Waals surface area contributed by atoms with Gasteiger partial charge in [-0.2, -0.15) is 0 Å². The normalized spacial score (nSPS) is 18.0. The molecule has 0 aromatic carbocycles. The van der Waals surface area contributed by atoms with E-state index in [0.717, 1.165) is 5.00 Å². The van der Waals surface area contributed by atoms with Crippen LogP contribution < -0.4 is 16.0 Å². The number of anilines is 2. The van der Waals surface area contributed by atoms with Crippen LogP contribution in [0.5, 0.6) is 0 Å². The summed E-state index contributed by atoms with van der Waals surface area (Å²) < 4.78 is 23.2. The largest absolute Gasteiger partial charge is 0.397 e. The Bertz CT molecular complexity index is 637. The summed E-state index contributed by atoms with van der Waals surface area (Å²) in [6.45, 7) is 5.03. The van der Waals surface area contributed by atoms with Crippen LogP contribution in [0.25, 0.3) is 0 Å². The van der Waals surface area contributed by atoms with Crippen molar-refractivity contribution in [1.29, 1.82) is 0 Å². The fraction of sp³-hybridized carbons (Fsp3) is 0.462. The van der Waals surface area contributed by atoms with Crippen molar-refractivity contribution in [3.05, 3.63) is 23.6 Å². The molecule has 0 spiro atoms. The first-order chi connectivity index (χ1) is 9.93. The van der Waals surface area contributed by atoms with Crippen LogP contribution in [0.2, 0.25) is 0 Å². The van der Waals surface area contributed by atoms with Crippen LogP contribution in [-0.2, 0) is 9.84 Å². The number of hydrogen-bond donors (Lipinski definition) is 2. The summed E-state index contributed by atoms with van der Waals surface area (Å²) in [6, 6.07) is 1.74. The molecule has 6 nitrogen and oxygen atoms in total. The third kappa shape index (κ3) is 3.98. The van der Waals surface area contributed by atoms with Gasteiger partial charge in [0.15, 0.2) is 9.84 Å². The number of sulfone groups is 1. The van der Waals surface area contributed by atoms with Crippen molar-refractivity contribution in [2.45, 2.75) is 6.42 Å². The van der Waals surface area contributed by atoms with Gasteiger partial charge in [-0.25, -0.2) is 8.42 Å². The van der Waals surface area contributed by atoms with Crippen LogP contribution in [0.1, 0.15) is 16.1 Å². The highest BCUT2D eigenvalue weighted by molar-refractivity contribution is 7.91. The number of rotatable bonds is 4. The van der Waals surface area contributed by atoms with Gasteiger partial charge < -0.3 is 16.0 Å². The second-order valence-electron chi connectivity index (χ2n) is 4.86. The number of carbonyl (C=O) groups excluding carboxylic acids is 1. The molecule has 1 fully saturated rings. The predicted molar refractivity (Wildman–Crippen MR) is 86.7 cm³/mol. The molecule has 0 atom stereocenters. The minimum Gasteiger partial charge on any atom is -0.397 e. The van der Waals surface area contributed by atoms with Crippen LogP contribution in [0.4, 0.5) is 10.7 Å².